The lowest BCUT2D eigenvalue weighted by molar-refractivity contribution is 0.0604. The maximum absolute atomic E-state index is 11.2. The van der Waals surface area contributed by atoms with E-state index in [4.69, 9.17) is 11.6 Å². The molecule has 3 rings (SSSR count). The van der Waals surface area contributed by atoms with Gasteiger partial charge in [-0.2, -0.15) is 0 Å². The van der Waals surface area contributed by atoms with Crippen LogP contribution in [-0.2, 0) is 12.1 Å². The molecule has 1 unspecified atom stereocenters. The summed E-state index contributed by atoms with van der Waals surface area (Å²) in [5.41, 5.74) is -0.632. The molecular weight excluding hydrogens is 294 g/mol. The molecule has 0 fully saturated rings. The Morgan fingerprint density at radius 1 is 1.25 bits per heavy atom. The standard InChI is InChI=1S/C14H12ClN3OS/c15-13-5-4-12(20-13)14(19,9-18-8-7-16-10-18)11-3-1-2-6-17-11/h1-8,10,19H,9H2. The van der Waals surface area contributed by atoms with Crippen LogP contribution in [0.5, 0.6) is 0 Å². The summed E-state index contributed by atoms with van der Waals surface area (Å²) >= 11 is 7.36. The van der Waals surface area contributed by atoms with Gasteiger partial charge in [0.25, 0.3) is 0 Å². The third-order valence-corrected chi connectivity index (χ3v) is 4.42. The summed E-state index contributed by atoms with van der Waals surface area (Å²) in [5.74, 6) is 0. The SMILES string of the molecule is OC(Cn1ccnc1)(c1ccccn1)c1ccc(Cl)s1. The lowest BCUT2D eigenvalue weighted by Gasteiger charge is -2.26. The van der Waals surface area contributed by atoms with Crippen LogP contribution in [0.25, 0.3) is 0 Å². The second-order valence-corrected chi connectivity index (χ2v) is 6.13. The molecule has 1 N–H and O–H groups in total. The molecule has 0 radical (unpaired) electrons. The molecule has 0 saturated heterocycles. The van der Waals surface area contributed by atoms with Crippen LogP contribution in [0.2, 0.25) is 4.34 Å². The van der Waals surface area contributed by atoms with Gasteiger partial charge < -0.3 is 9.67 Å². The number of nitrogens with zero attached hydrogens (tertiary/aromatic N) is 3. The number of imidazole rings is 1. The zero-order valence-corrected chi connectivity index (χ0v) is 12.1. The van der Waals surface area contributed by atoms with Gasteiger partial charge in [0.2, 0.25) is 0 Å². The Hall–Kier alpha value is -1.69. The maximum atomic E-state index is 11.2. The normalized spacial score (nSPS) is 14.1. The molecule has 102 valence electrons. The van der Waals surface area contributed by atoms with Crippen molar-refractivity contribution < 1.29 is 5.11 Å². The van der Waals surface area contributed by atoms with Crippen LogP contribution < -0.4 is 0 Å². The summed E-state index contributed by atoms with van der Waals surface area (Å²) in [6.45, 7) is 0.334. The quantitative estimate of drug-likeness (QED) is 0.806. The van der Waals surface area contributed by atoms with E-state index in [-0.39, 0.29) is 0 Å². The summed E-state index contributed by atoms with van der Waals surface area (Å²) in [6, 6.07) is 9.10. The molecule has 3 aromatic heterocycles. The Morgan fingerprint density at radius 2 is 2.15 bits per heavy atom. The molecule has 3 aromatic rings. The number of halogens is 1. The van der Waals surface area contributed by atoms with Gasteiger partial charge in [-0.3, -0.25) is 4.98 Å². The second kappa shape index (κ2) is 5.36. The fourth-order valence-corrected chi connectivity index (χ4v) is 3.21. The van der Waals surface area contributed by atoms with E-state index >= 15 is 0 Å². The van der Waals surface area contributed by atoms with Gasteiger partial charge in [-0.15, -0.1) is 11.3 Å². The molecule has 0 aromatic carbocycles. The fraction of sp³-hybridized carbons (Fsp3) is 0.143. The highest BCUT2D eigenvalue weighted by Gasteiger charge is 2.35. The van der Waals surface area contributed by atoms with Gasteiger partial charge in [0.15, 0.2) is 5.60 Å². The van der Waals surface area contributed by atoms with E-state index < -0.39 is 5.60 Å². The van der Waals surface area contributed by atoms with Crippen molar-refractivity contribution in [3.63, 3.8) is 0 Å². The van der Waals surface area contributed by atoms with Gasteiger partial charge in [-0.25, -0.2) is 4.98 Å². The molecule has 0 aliphatic carbocycles. The summed E-state index contributed by atoms with van der Waals surface area (Å²) in [7, 11) is 0. The number of hydrogen-bond donors (Lipinski definition) is 1. The van der Waals surface area contributed by atoms with Crippen LogP contribution >= 0.6 is 22.9 Å². The van der Waals surface area contributed by atoms with Crippen molar-refractivity contribution in [2.45, 2.75) is 12.1 Å². The molecule has 1 atom stereocenters. The average molecular weight is 306 g/mol. The van der Waals surface area contributed by atoms with Crippen LogP contribution in [0.15, 0.2) is 55.2 Å². The molecule has 3 heterocycles. The Morgan fingerprint density at radius 3 is 2.75 bits per heavy atom. The van der Waals surface area contributed by atoms with Crippen LogP contribution in [0.1, 0.15) is 10.6 Å². The van der Waals surface area contributed by atoms with Gasteiger partial charge in [0, 0.05) is 23.5 Å². The van der Waals surface area contributed by atoms with E-state index in [1.54, 1.807) is 24.8 Å². The highest BCUT2D eigenvalue weighted by atomic mass is 35.5. The van der Waals surface area contributed by atoms with E-state index in [1.807, 2.05) is 35.0 Å². The van der Waals surface area contributed by atoms with E-state index in [9.17, 15) is 5.11 Å². The monoisotopic (exact) mass is 305 g/mol. The third-order valence-electron chi connectivity index (χ3n) is 3.04. The predicted octanol–water partition coefficient (Wildman–Crippen LogP) is 2.93. The fourth-order valence-electron chi connectivity index (χ4n) is 2.07. The van der Waals surface area contributed by atoms with Crippen molar-refractivity contribution in [3.05, 3.63) is 70.2 Å². The molecule has 0 aliphatic heterocycles. The smallest absolute Gasteiger partial charge is 0.158 e. The van der Waals surface area contributed by atoms with E-state index in [0.717, 1.165) is 4.88 Å². The van der Waals surface area contributed by atoms with E-state index in [2.05, 4.69) is 9.97 Å². The topological polar surface area (TPSA) is 50.9 Å². The zero-order chi connectivity index (χ0) is 14.0. The summed E-state index contributed by atoms with van der Waals surface area (Å²) in [6.07, 6.45) is 6.83. The number of hydrogen-bond acceptors (Lipinski definition) is 4. The Bertz CT molecular complexity index is 684. The van der Waals surface area contributed by atoms with Gasteiger partial charge in [0.1, 0.15) is 0 Å². The number of thiophene rings is 1. The van der Waals surface area contributed by atoms with Crippen molar-refractivity contribution >= 4 is 22.9 Å². The van der Waals surface area contributed by atoms with Crippen LogP contribution in [0.3, 0.4) is 0 Å². The van der Waals surface area contributed by atoms with Crippen LogP contribution in [0.4, 0.5) is 0 Å². The van der Waals surface area contributed by atoms with Crippen molar-refractivity contribution in [2.75, 3.05) is 0 Å². The molecule has 0 saturated carbocycles. The zero-order valence-electron chi connectivity index (χ0n) is 10.5. The minimum atomic E-state index is -1.22. The first kappa shape index (κ1) is 13.3. The molecule has 4 nitrogen and oxygen atoms in total. The first-order valence-electron chi connectivity index (χ1n) is 6.04. The maximum Gasteiger partial charge on any atom is 0.158 e. The minimum Gasteiger partial charge on any atom is -0.376 e. The van der Waals surface area contributed by atoms with Gasteiger partial charge in [-0.1, -0.05) is 17.7 Å². The molecule has 0 bridgehead atoms. The van der Waals surface area contributed by atoms with Crippen LogP contribution in [0, 0.1) is 0 Å². The summed E-state index contributed by atoms with van der Waals surface area (Å²) < 4.78 is 2.46. The van der Waals surface area contributed by atoms with Gasteiger partial charge >= 0.3 is 0 Å². The first-order chi connectivity index (χ1) is 9.68. The number of pyridine rings is 1. The molecule has 20 heavy (non-hydrogen) atoms. The van der Waals surface area contributed by atoms with Gasteiger partial charge in [-0.05, 0) is 24.3 Å². The largest absolute Gasteiger partial charge is 0.376 e. The third kappa shape index (κ3) is 2.47. The predicted molar refractivity (Wildman–Crippen MR) is 78.8 cm³/mol. The minimum absolute atomic E-state index is 0.334. The van der Waals surface area contributed by atoms with E-state index in [1.165, 1.54) is 11.3 Å². The van der Waals surface area contributed by atoms with E-state index in [0.29, 0.717) is 16.6 Å². The molecule has 0 amide bonds. The lowest BCUT2D eigenvalue weighted by Crippen LogP contribution is -2.32. The van der Waals surface area contributed by atoms with Crippen molar-refractivity contribution in [1.82, 2.24) is 14.5 Å². The van der Waals surface area contributed by atoms with Crippen molar-refractivity contribution in [3.8, 4) is 0 Å². The number of aliphatic hydroxyl groups is 1. The summed E-state index contributed by atoms with van der Waals surface area (Å²) in [5, 5.41) is 11.2. The molecule has 0 spiro atoms. The first-order valence-corrected chi connectivity index (χ1v) is 7.23. The molecule has 6 heteroatoms. The van der Waals surface area contributed by atoms with Gasteiger partial charge in [0.05, 0.1) is 22.9 Å². The highest BCUT2D eigenvalue weighted by molar-refractivity contribution is 7.16. The molecular formula is C14H12ClN3OS. The Kier molecular flexibility index (Phi) is 3.56. The van der Waals surface area contributed by atoms with Crippen molar-refractivity contribution in [2.24, 2.45) is 0 Å². The highest BCUT2D eigenvalue weighted by Crippen LogP contribution is 2.36. The van der Waals surface area contributed by atoms with Crippen molar-refractivity contribution in [1.29, 1.82) is 0 Å². The number of aromatic nitrogens is 3. The average Bonchev–Trinajstić information content (AvgIpc) is 3.11. The Balaban J connectivity index is 2.07. The lowest BCUT2D eigenvalue weighted by atomic mass is 9.96. The second-order valence-electron chi connectivity index (χ2n) is 4.41. The molecule has 0 aliphatic rings. The summed E-state index contributed by atoms with van der Waals surface area (Å²) in [4.78, 5) is 9.06. The Labute approximate surface area is 125 Å². The van der Waals surface area contributed by atoms with Crippen LogP contribution in [-0.4, -0.2) is 19.6 Å². The number of rotatable bonds is 4.